The van der Waals surface area contributed by atoms with Crippen molar-refractivity contribution in [2.45, 2.75) is 30.6 Å². The zero-order valence-corrected chi connectivity index (χ0v) is 18.9. The van der Waals surface area contributed by atoms with Crippen LogP contribution in [0.25, 0.3) is 6.08 Å². The molecule has 2 aromatic rings. The van der Waals surface area contributed by atoms with Gasteiger partial charge in [-0.05, 0) is 55.3 Å². The van der Waals surface area contributed by atoms with E-state index in [2.05, 4.69) is 15.0 Å². The number of carbonyl (C=O) groups excluding carboxylic acids is 1. The van der Waals surface area contributed by atoms with Gasteiger partial charge < -0.3 is 14.8 Å². The molecule has 1 aliphatic rings. The van der Waals surface area contributed by atoms with Crippen LogP contribution in [0.1, 0.15) is 31.2 Å². The molecule has 0 radical (unpaired) electrons. The second-order valence-electron chi connectivity index (χ2n) is 7.20. The Morgan fingerprint density at radius 1 is 1.06 bits per heavy atom. The van der Waals surface area contributed by atoms with Crippen molar-refractivity contribution in [2.24, 2.45) is 4.99 Å². The third-order valence-corrected chi connectivity index (χ3v) is 6.27. The summed E-state index contributed by atoms with van der Waals surface area (Å²) in [6, 6.07) is 11.3. The van der Waals surface area contributed by atoms with Crippen molar-refractivity contribution in [1.29, 1.82) is 0 Å². The number of nitrogens with zero attached hydrogens (tertiary/aromatic N) is 1. The van der Waals surface area contributed by atoms with Crippen LogP contribution in [0.5, 0.6) is 11.5 Å². The van der Waals surface area contributed by atoms with E-state index in [1.54, 1.807) is 50.6 Å². The number of carbonyl (C=O) groups is 1. The maximum atomic E-state index is 12.7. The Hall–Kier alpha value is -3.33. The number of sulfonamides is 1. The molecule has 170 valence electrons. The molecule has 0 fully saturated rings. The standard InChI is InChI=1S/C23H27N3O5S/c1-30-19-11-12-21(31-2)17(15-19)10-13-23(27)25-18-7-6-8-20(16-18)32(28,29)26-22-9-4-3-5-14-24-22/h6-8,10-13,15-16H,3-5,9,14H2,1-2H3,(H,24,26)(H,25,27)/b13-10+. The highest BCUT2D eigenvalue weighted by molar-refractivity contribution is 7.90. The molecule has 1 aliphatic heterocycles. The summed E-state index contributed by atoms with van der Waals surface area (Å²) in [5.74, 6) is 1.29. The number of anilines is 1. The van der Waals surface area contributed by atoms with E-state index < -0.39 is 15.9 Å². The van der Waals surface area contributed by atoms with Crippen LogP contribution in [-0.4, -0.2) is 40.9 Å². The zero-order valence-electron chi connectivity index (χ0n) is 18.1. The minimum Gasteiger partial charge on any atom is -0.497 e. The van der Waals surface area contributed by atoms with Gasteiger partial charge in [0.05, 0.1) is 19.1 Å². The molecule has 0 aromatic heterocycles. The Morgan fingerprint density at radius 2 is 1.91 bits per heavy atom. The maximum absolute atomic E-state index is 12.7. The first-order chi connectivity index (χ1) is 15.4. The van der Waals surface area contributed by atoms with Crippen LogP contribution in [0, 0.1) is 0 Å². The quantitative estimate of drug-likeness (QED) is 0.618. The maximum Gasteiger partial charge on any atom is 0.262 e. The molecule has 2 aromatic carbocycles. The number of rotatable bonds is 7. The molecular weight excluding hydrogens is 430 g/mol. The molecule has 9 heteroatoms. The van der Waals surface area contributed by atoms with Crippen LogP contribution in [0.3, 0.4) is 0 Å². The van der Waals surface area contributed by atoms with Crippen molar-refractivity contribution in [2.75, 3.05) is 26.1 Å². The summed E-state index contributed by atoms with van der Waals surface area (Å²) in [6.07, 6.45) is 6.45. The third kappa shape index (κ3) is 6.34. The Kier molecular flexibility index (Phi) is 7.88. The van der Waals surface area contributed by atoms with Crippen molar-refractivity contribution in [3.8, 4) is 11.5 Å². The van der Waals surface area contributed by atoms with Crippen molar-refractivity contribution in [3.63, 3.8) is 0 Å². The van der Waals surface area contributed by atoms with E-state index in [4.69, 9.17) is 9.47 Å². The first-order valence-electron chi connectivity index (χ1n) is 10.3. The lowest BCUT2D eigenvalue weighted by Crippen LogP contribution is -2.30. The van der Waals surface area contributed by atoms with E-state index in [1.165, 1.54) is 18.2 Å². The van der Waals surface area contributed by atoms with Crippen LogP contribution >= 0.6 is 0 Å². The third-order valence-electron chi connectivity index (χ3n) is 4.89. The van der Waals surface area contributed by atoms with Crippen LogP contribution in [0.2, 0.25) is 0 Å². The van der Waals surface area contributed by atoms with Crippen molar-refractivity contribution in [3.05, 3.63) is 54.1 Å². The zero-order chi connectivity index (χ0) is 23.0. The number of hydrogen-bond donors (Lipinski definition) is 2. The van der Waals surface area contributed by atoms with Crippen molar-refractivity contribution >= 4 is 33.5 Å². The van der Waals surface area contributed by atoms with Crippen LogP contribution in [-0.2, 0) is 14.8 Å². The van der Waals surface area contributed by atoms with E-state index >= 15 is 0 Å². The highest BCUT2D eigenvalue weighted by Gasteiger charge is 2.18. The SMILES string of the molecule is COc1ccc(OC)c(/C=C/C(=O)Nc2cccc(S(=O)(=O)NC3=NCCCCC3)c2)c1. The Morgan fingerprint density at radius 3 is 2.69 bits per heavy atom. The molecule has 0 atom stereocenters. The van der Waals surface area contributed by atoms with Crippen molar-refractivity contribution in [1.82, 2.24) is 4.72 Å². The molecule has 1 heterocycles. The van der Waals surface area contributed by atoms with Crippen LogP contribution in [0.4, 0.5) is 5.69 Å². The van der Waals surface area contributed by atoms with Gasteiger partial charge >= 0.3 is 0 Å². The van der Waals surface area contributed by atoms with Gasteiger partial charge in [-0.15, -0.1) is 0 Å². The molecule has 1 amide bonds. The van der Waals surface area contributed by atoms with Gasteiger partial charge in [0.2, 0.25) is 5.91 Å². The van der Waals surface area contributed by atoms with Crippen LogP contribution < -0.4 is 19.5 Å². The molecule has 2 N–H and O–H groups in total. The first-order valence-corrected chi connectivity index (χ1v) is 11.8. The second kappa shape index (κ2) is 10.8. The fourth-order valence-corrected chi connectivity index (χ4v) is 4.37. The predicted octanol–water partition coefficient (Wildman–Crippen LogP) is 3.61. The average Bonchev–Trinajstić information content (AvgIpc) is 3.05. The molecule has 0 bridgehead atoms. The fraction of sp³-hybridized carbons (Fsp3) is 0.304. The number of nitrogens with one attached hydrogen (secondary N) is 2. The van der Waals surface area contributed by atoms with E-state index in [0.717, 1.165) is 19.3 Å². The minimum absolute atomic E-state index is 0.0562. The Bertz CT molecular complexity index is 1130. The first kappa shape index (κ1) is 23.3. The van der Waals surface area contributed by atoms with Gasteiger partial charge in [0.25, 0.3) is 10.0 Å². The van der Waals surface area contributed by atoms with E-state index in [1.807, 2.05) is 0 Å². The molecule has 0 spiro atoms. The van der Waals surface area contributed by atoms with Crippen LogP contribution in [0.15, 0.2) is 58.4 Å². The second-order valence-corrected chi connectivity index (χ2v) is 8.89. The van der Waals surface area contributed by atoms with Gasteiger partial charge in [-0.3, -0.25) is 14.5 Å². The van der Waals surface area contributed by atoms with E-state index in [0.29, 0.717) is 41.6 Å². The highest BCUT2D eigenvalue weighted by atomic mass is 32.2. The molecule has 0 saturated carbocycles. The molecule has 32 heavy (non-hydrogen) atoms. The molecular formula is C23H27N3O5S. The van der Waals surface area contributed by atoms with E-state index in [-0.39, 0.29) is 4.90 Å². The minimum atomic E-state index is -3.79. The van der Waals surface area contributed by atoms with Gasteiger partial charge in [-0.25, -0.2) is 8.42 Å². The average molecular weight is 458 g/mol. The number of methoxy groups -OCH3 is 2. The summed E-state index contributed by atoms with van der Waals surface area (Å²) in [7, 11) is -0.690. The monoisotopic (exact) mass is 457 g/mol. The predicted molar refractivity (Wildman–Crippen MR) is 125 cm³/mol. The Balaban J connectivity index is 1.71. The smallest absolute Gasteiger partial charge is 0.262 e. The van der Waals surface area contributed by atoms with E-state index in [9.17, 15) is 13.2 Å². The molecule has 0 saturated heterocycles. The summed E-state index contributed by atoms with van der Waals surface area (Å²) in [6.45, 7) is 0.623. The summed E-state index contributed by atoms with van der Waals surface area (Å²) in [4.78, 5) is 16.8. The summed E-state index contributed by atoms with van der Waals surface area (Å²) in [5.41, 5.74) is 1.04. The fourth-order valence-electron chi connectivity index (χ4n) is 3.23. The molecule has 0 unspecified atom stereocenters. The molecule has 3 rings (SSSR count). The van der Waals surface area contributed by atoms with Crippen molar-refractivity contribution < 1.29 is 22.7 Å². The molecule has 0 aliphatic carbocycles. The number of hydrogen-bond acceptors (Lipinski definition) is 6. The number of aliphatic imine (C=N–C) groups is 1. The number of benzene rings is 2. The topological polar surface area (TPSA) is 106 Å². The normalized spacial score (nSPS) is 14.4. The Labute approximate surface area is 188 Å². The summed E-state index contributed by atoms with van der Waals surface area (Å²) < 4.78 is 38.6. The number of amidine groups is 1. The van der Waals surface area contributed by atoms with Gasteiger partial charge in [-0.2, -0.15) is 0 Å². The van der Waals surface area contributed by atoms with Gasteiger partial charge in [-0.1, -0.05) is 12.5 Å². The summed E-state index contributed by atoms with van der Waals surface area (Å²) >= 11 is 0. The summed E-state index contributed by atoms with van der Waals surface area (Å²) in [5, 5.41) is 2.68. The number of amides is 1. The number of ether oxygens (including phenoxy) is 2. The lowest BCUT2D eigenvalue weighted by molar-refractivity contribution is -0.111. The molecule has 8 nitrogen and oxygen atoms in total. The van der Waals surface area contributed by atoms with Gasteiger partial charge in [0, 0.05) is 30.3 Å². The highest BCUT2D eigenvalue weighted by Crippen LogP contribution is 2.25. The lowest BCUT2D eigenvalue weighted by Gasteiger charge is -2.11. The van der Waals surface area contributed by atoms with Gasteiger partial charge in [0.15, 0.2) is 0 Å². The largest absolute Gasteiger partial charge is 0.497 e. The lowest BCUT2D eigenvalue weighted by atomic mass is 10.1. The van der Waals surface area contributed by atoms with Gasteiger partial charge in [0.1, 0.15) is 17.3 Å².